The first-order valence-corrected chi connectivity index (χ1v) is 6.72. The molecule has 1 amide bonds. The molecule has 0 unspecified atom stereocenters. The van der Waals surface area contributed by atoms with Gasteiger partial charge in [-0.15, -0.1) is 0 Å². The van der Waals surface area contributed by atoms with Crippen molar-refractivity contribution in [2.24, 2.45) is 0 Å². The normalized spacial score (nSPS) is 16.9. The summed E-state index contributed by atoms with van der Waals surface area (Å²) >= 11 is 0. The number of likely N-dealkylation sites (tertiary alicyclic amines) is 1. The molecule has 2 rings (SSSR count). The molecule has 0 aromatic heterocycles. The third-order valence-corrected chi connectivity index (χ3v) is 3.57. The summed E-state index contributed by atoms with van der Waals surface area (Å²) < 4.78 is 0. The number of hydrogen-bond donors (Lipinski definition) is 1. The second-order valence-electron chi connectivity index (χ2n) is 4.96. The number of aliphatic hydroxyl groups excluding tert-OH is 1. The Labute approximate surface area is 108 Å². The molecule has 18 heavy (non-hydrogen) atoms. The molecule has 1 aromatic carbocycles. The Bertz CT molecular complexity index is 409. The van der Waals surface area contributed by atoms with Crippen molar-refractivity contribution < 1.29 is 9.90 Å². The van der Waals surface area contributed by atoms with Crippen LogP contribution in [0.3, 0.4) is 0 Å². The summed E-state index contributed by atoms with van der Waals surface area (Å²) in [6.07, 6.45) is 2.67. The van der Waals surface area contributed by atoms with Crippen LogP contribution < -0.4 is 0 Å². The third-order valence-electron chi connectivity index (χ3n) is 3.57. The minimum atomic E-state index is -0.225. The van der Waals surface area contributed by atoms with Crippen molar-refractivity contribution in [3.8, 4) is 0 Å². The highest BCUT2D eigenvalue weighted by Crippen LogP contribution is 2.13. The molecule has 0 spiro atoms. The zero-order valence-electron chi connectivity index (χ0n) is 10.9. The molecule has 1 aromatic rings. The molecule has 1 N–H and O–H groups in total. The third kappa shape index (κ3) is 3.33. The van der Waals surface area contributed by atoms with Crippen molar-refractivity contribution in [3.63, 3.8) is 0 Å². The standard InChI is InChI=1S/C15H21NO2/c1-2-12-4-3-5-13(10-12)11-15(18)16-8-6-14(17)7-9-16/h3-5,10,14,17H,2,6-9,11H2,1H3. The Morgan fingerprint density at radius 1 is 1.33 bits per heavy atom. The first-order valence-electron chi connectivity index (χ1n) is 6.72. The quantitative estimate of drug-likeness (QED) is 0.884. The van der Waals surface area contributed by atoms with Gasteiger partial charge in [-0.1, -0.05) is 31.2 Å². The van der Waals surface area contributed by atoms with Crippen molar-refractivity contribution in [3.05, 3.63) is 35.4 Å². The van der Waals surface area contributed by atoms with E-state index in [0.717, 1.165) is 12.0 Å². The smallest absolute Gasteiger partial charge is 0.226 e. The molecular formula is C15H21NO2. The van der Waals surface area contributed by atoms with E-state index in [9.17, 15) is 9.90 Å². The summed E-state index contributed by atoms with van der Waals surface area (Å²) in [6, 6.07) is 8.22. The molecule has 1 aliphatic rings. The number of benzene rings is 1. The molecule has 3 nitrogen and oxygen atoms in total. The molecule has 0 bridgehead atoms. The van der Waals surface area contributed by atoms with E-state index >= 15 is 0 Å². The second-order valence-corrected chi connectivity index (χ2v) is 4.96. The Morgan fingerprint density at radius 3 is 2.67 bits per heavy atom. The van der Waals surface area contributed by atoms with Crippen molar-refractivity contribution in [1.29, 1.82) is 0 Å². The van der Waals surface area contributed by atoms with Gasteiger partial charge in [-0.25, -0.2) is 0 Å². The van der Waals surface area contributed by atoms with Crippen LogP contribution in [-0.4, -0.2) is 35.1 Å². The Morgan fingerprint density at radius 2 is 2.00 bits per heavy atom. The summed E-state index contributed by atoms with van der Waals surface area (Å²) in [5.41, 5.74) is 2.36. The number of carbonyl (C=O) groups excluding carboxylic acids is 1. The summed E-state index contributed by atoms with van der Waals surface area (Å²) in [7, 11) is 0. The monoisotopic (exact) mass is 247 g/mol. The number of aliphatic hydroxyl groups is 1. The molecule has 98 valence electrons. The summed E-state index contributed by atoms with van der Waals surface area (Å²) in [4.78, 5) is 14.0. The number of hydrogen-bond acceptors (Lipinski definition) is 2. The number of rotatable bonds is 3. The number of piperidine rings is 1. The minimum absolute atomic E-state index is 0.176. The highest BCUT2D eigenvalue weighted by molar-refractivity contribution is 5.78. The molecule has 1 aliphatic heterocycles. The lowest BCUT2D eigenvalue weighted by atomic mass is 10.0. The summed E-state index contributed by atoms with van der Waals surface area (Å²) in [5.74, 6) is 0.176. The van der Waals surface area contributed by atoms with Crippen LogP contribution in [0.5, 0.6) is 0 Å². The number of nitrogens with zero attached hydrogens (tertiary/aromatic N) is 1. The van der Waals surface area contributed by atoms with Gasteiger partial charge < -0.3 is 10.0 Å². The minimum Gasteiger partial charge on any atom is -0.393 e. The van der Waals surface area contributed by atoms with Crippen LogP contribution in [-0.2, 0) is 17.6 Å². The number of aryl methyl sites for hydroxylation is 1. The van der Waals surface area contributed by atoms with Gasteiger partial charge in [0.2, 0.25) is 5.91 Å². The molecule has 0 aliphatic carbocycles. The maximum atomic E-state index is 12.1. The van der Waals surface area contributed by atoms with Gasteiger partial charge in [-0.2, -0.15) is 0 Å². The lowest BCUT2D eigenvalue weighted by molar-refractivity contribution is -0.132. The highest BCUT2D eigenvalue weighted by atomic mass is 16.3. The molecule has 1 heterocycles. The van der Waals surface area contributed by atoms with E-state index in [1.807, 2.05) is 17.0 Å². The molecule has 1 fully saturated rings. The van der Waals surface area contributed by atoms with Crippen LogP contribution in [0.4, 0.5) is 0 Å². The topological polar surface area (TPSA) is 40.5 Å². The lowest BCUT2D eigenvalue weighted by Gasteiger charge is -2.29. The van der Waals surface area contributed by atoms with Crippen molar-refractivity contribution >= 4 is 5.91 Å². The van der Waals surface area contributed by atoms with E-state index in [-0.39, 0.29) is 12.0 Å². The lowest BCUT2D eigenvalue weighted by Crippen LogP contribution is -2.40. The van der Waals surface area contributed by atoms with E-state index < -0.39 is 0 Å². The molecule has 1 saturated heterocycles. The van der Waals surface area contributed by atoms with Gasteiger partial charge in [0, 0.05) is 13.1 Å². The van der Waals surface area contributed by atoms with Crippen molar-refractivity contribution in [1.82, 2.24) is 4.90 Å². The van der Waals surface area contributed by atoms with Gasteiger partial charge in [0.05, 0.1) is 12.5 Å². The van der Waals surface area contributed by atoms with Crippen LogP contribution >= 0.6 is 0 Å². The molecule has 3 heteroatoms. The fourth-order valence-corrected chi connectivity index (χ4v) is 2.36. The van der Waals surface area contributed by atoms with E-state index in [1.54, 1.807) is 0 Å². The first kappa shape index (κ1) is 13.1. The zero-order chi connectivity index (χ0) is 13.0. The fourth-order valence-electron chi connectivity index (χ4n) is 2.36. The Balaban J connectivity index is 1.94. The summed E-state index contributed by atoms with van der Waals surface area (Å²) in [5, 5.41) is 9.43. The van der Waals surface area contributed by atoms with Gasteiger partial charge in [0.1, 0.15) is 0 Å². The van der Waals surface area contributed by atoms with E-state index in [4.69, 9.17) is 0 Å². The van der Waals surface area contributed by atoms with Gasteiger partial charge in [-0.3, -0.25) is 4.79 Å². The van der Waals surface area contributed by atoms with Crippen LogP contribution in [0.2, 0.25) is 0 Å². The highest BCUT2D eigenvalue weighted by Gasteiger charge is 2.21. The second kappa shape index (κ2) is 6.01. The van der Waals surface area contributed by atoms with E-state index in [2.05, 4.69) is 19.1 Å². The van der Waals surface area contributed by atoms with Gasteiger partial charge in [-0.05, 0) is 30.4 Å². The van der Waals surface area contributed by atoms with Crippen LogP contribution in [0, 0.1) is 0 Å². The van der Waals surface area contributed by atoms with Crippen molar-refractivity contribution in [2.45, 2.75) is 38.7 Å². The van der Waals surface area contributed by atoms with Gasteiger partial charge in [0.25, 0.3) is 0 Å². The van der Waals surface area contributed by atoms with E-state index in [1.165, 1.54) is 5.56 Å². The van der Waals surface area contributed by atoms with Gasteiger partial charge in [0.15, 0.2) is 0 Å². The average Bonchev–Trinajstić information content (AvgIpc) is 2.39. The molecule has 0 saturated carbocycles. The van der Waals surface area contributed by atoms with Crippen LogP contribution in [0.25, 0.3) is 0 Å². The Hall–Kier alpha value is -1.35. The predicted octanol–water partition coefficient (Wildman–Crippen LogP) is 1.77. The first-order chi connectivity index (χ1) is 8.69. The summed E-state index contributed by atoms with van der Waals surface area (Å²) in [6.45, 7) is 3.49. The van der Waals surface area contributed by atoms with Crippen LogP contribution in [0.1, 0.15) is 30.9 Å². The van der Waals surface area contributed by atoms with Crippen molar-refractivity contribution in [2.75, 3.05) is 13.1 Å². The molecular weight excluding hydrogens is 226 g/mol. The predicted molar refractivity (Wildman–Crippen MR) is 71.3 cm³/mol. The van der Waals surface area contributed by atoms with Crippen LogP contribution in [0.15, 0.2) is 24.3 Å². The fraction of sp³-hybridized carbons (Fsp3) is 0.533. The molecule has 0 radical (unpaired) electrons. The number of carbonyl (C=O) groups is 1. The largest absolute Gasteiger partial charge is 0.393 e. The Kier molecular flexibility index (Phi) is 4.37. The molecule has 0 atom stereocenters. The average molecular weight is 247 g/mol. The zero-order valence-corrected chi connectivity index (χ0v) is 10.9. The number of amides is 1. The maximum Gasteiger partial charge on any atom is 0.226 e. The van der Waals surface area contributed by atoms with Gasteiger partial charge >= 0.3 is 0 Å². The maximum absolute atomic E-state index is 12.1. The van der Waals surface area contributed by atoms with E-state index in [0.29, 0.717) is 32.4 Å². The SMILES string of the molecule is CCc1cccc(CC(=O)N2CCC(O)CC2)c1.